The van der Waals surface area contributed by atoms with Gasteiger partial charge in [-0.2, -0.15) is 0 Å². The van der Waals surface area contributed by atoms with Crippen LogP contribution in [0.2, 0.25) is 0 Å². The number of hydrogen-bond acceptors (Lipinski definition) is 6. The zero-order valence-electron chi connectivity index (χ0n) is 18.9. The Labute approximate surface area is 199 Å². The third-order valence-electron chi connectivity index (χ3n) is 5.32. The number of ketones is 2. The Morgan fingerprint density at radius 1 is 0.676 bits per heavy atom. The Bertz CT molecular complexity index is 991. The highest BCUT2D eigenvalue weighted by Gasteiger charge is 2.40. The Hall–Kier alpha value is -3.74. The summed E-state index contributed by atoms with van der Waals surface area (Å²) in [7, 11) is 0. The summed E-state index contributed by atoms with van der Waals surface area (Å²) in [6, 6.07) is 12.8. The van der Waals surface area contributed by atoms with E-state index in [9.17, 15) is 19.8 Å². The number of carbonyl (C=O) groups excluding carboxylic acids is 2. The Kier molecular flexibility index (Phi) is 7.99. The van der Waals surface area contributed by atoms with Gasteiger partial charge >= 0.3 is 0 Å². The standard InChI is InChI=1S/C28H28O6/c1-3-5-19-33-23-11-7-21(8-12-23)25(29)27(31)15-17-28(32,18-16-27)26(30)22-9-13-24(14-10-22)34-20-6-4-2/h3-4,7-18,31-32H,1-2,5-6,19-20H2. The first-order valence-electron chi connectivity index (χ1n) is 10.9. The van der Waals surface area contributed by atoms with Crippen molar-refractivity contribution in [3.63, 3.8) is 0 Å². The molecule has 6 heteroatoms. The maximum Gasteiger partial charge on any atom is 0.202 e. The fraction of sp³-hybridized carbons (Fsp3) is 0.214. The molecule has 0 radical (unpaired) electrons. The van der Waals surface area contributed by atoms with Gasteiger partial charge in [0.05, 0.1) is 13.2 Å². The van der Waals surface area contributed by atoms with Crippen molar-refractivity contribution in [2.75, 3.05) is 13.2 Å². The molecule has 0 unspecified atom stereocenters. The molecule has 1 aliphatic rings. The Balaban J connectivity index is 1.68. The van der Waals surface area contributed by atoms with Crippen LogP contribution in [0, 0.1) is 0 Å². The lowest BCUT2D eigenvalue weighted by Crippen LogP contribution is -2.43. The molecule has 2 N–H and O–H groups in total. The van der Waals surface area contributed by atoms with E-state index in [2.05, 4.69) is 13.2 Å². The highest BCUT2D eigenvalue weighted by Crippen LogP contribution is 2.29. The quantitative estimate of drug-likeness (QED) is 0.279. The molecule has 176 valence electrons. The van der Waals surface area contributed by atoms with E-state index in [0.29, 0.717) is 37.6 Å². The van der Waals surface area contributed by atoms with Crippen LogP contribution in [0.15, 0.2) is 98.1 Å². The van der Waals surface area contributed by atoms with E-state index in [0.717, 1.165) is 24.3 Å². The van der Waals surface area contributed by atoms with Gasteiger partial charge < -0.3 is 19.7 Å². The number of hydrogen-bond donors (Lipinski definition) is 2. The average molecular weight is 461 g/mol. The SMILES string of the molecule is C=CCCOc1ccc(C(=O)C2(O)C=CC(O)(C(=O)c3ccc(OCCC=C)cc3)C=C2)cc1. The molecule has 6 nitrogen and oxygen atoms in total. The predicted molar refractivity (Wildman–Crippen MR) is 130 cm³/mol. The Morgan fingerprint density at radius 3 is 1.29 bits per heavy atom. The third-order valence-corrected chi connectivity index (χ3v) is 5.32. The van der Waals surface area contributed by atoms with Gasteiger partial charge in [-0.25, -0.2) is 0 Å². The molecule has 0 heterocycles. The van der Waals surface area contributed by atoms with Crippen molar-refractivity contribution in [3.05, 3.63) is 109 Å². The fourth-order valence-electron chi connectivity index (χ4n) is 3.31. The van der Waals surface area contributed by atoms with E-state index >= 15 is 0 Å². The molecule has 0 spiro atoms. The summed E-state index contributed by atoms with van der Waals surface area (Å²) in [5, 5.41) is 21.7. The van der Waals surface area contributed by atoms with Gasteiger partial charge in [-0.3, -0.25) is 9.59 Å². The van der Waals surface area contributed by atoms with Crippen molar-refractivity contribution in [1.29, 1.82) is 0 Å². The van der Waals surface area contributed by atoms with Gasteiger partial charge in [0.1, 0.15) is 11.5 Å². The fourth-order valence-corrected chi connectivity index (χ4v) is 3.31. The Morgan fingerprint density at radius 2 is 1.00 bits per heavy atom. The summed E-state index contributed by atoms with van der Waals surface area (Å²) in [5.74, 6) is 0.00996. The molecule has 0 saturated carbocycles. The molecule has 0 atom stereocenters. The lowest BCUT2D eigenvalue weighted by molar-refractivity contribution is 0.0577. The molecule has 34 heavy (non-hydrogen) atoms. The van der Waals surface area contributed by atoms with E-state index < -0.39 is 22.8 Å². The molecule has 2 aromatic rings. The van der Waals surface area contributed by atoms with E-state index in [1.165, 1.54) is 0 Å². The van der Waals surface area contributed by atoms with Crippen molar-refractivity contribution >= 4 is 11.6 Å². The van der Waals surface area contributed by atoms with Gasteiger partial charge in [-0.05, 0) is 85.7 Å². The number of aliphatic hydroxyl groups is 2. The molecule has 0 fully saturated rings. The first kappa shape index (κ1) is 24.9. The minimum atomic E-state index is -1.99. The van der Waals surface area contributed by atoms with E-state index in [4.69, 9.17) is 9.47 Å². The zero-order chi connectivity index (χ0) is 24.6. The minimum Gasteiger partial charge on any atom is -0.493 e. The maximum absolute atomic E-state index is 12.9. The molecule has 3 rings (SSSR count). The number of Topliss-reactive ketones (excluding diaryl/α,β-unsaturated/α-hetero) is 2. The van der Waals surface area contributed by atoms with E-state index in [1.807, 2.05) is 0 Å². The molecular formula is C28H28O6. The summed E-state index contributed by atoms with van der Waals surface area (Å²) >= 11 is 0. The second-order valence-corrected chi connectivity index (χ2v) is 7.88. The van der Waals surface area contributed by atoms with Crippen LogP contribution < -0.4 is 9.47 Å². The van der Waals surface area contributed by atoms with Crippen LogP contribution in [-0.2, 0) is 0 Å². The van der Waals surface area contributed by atoms with Crippen LogP contribution in [0.1, 0.15) is 33.6 Å². The van der Waals surface area contributed by atoms with Crippen LogP contribution >= 0.6 is 0 Å². The first-order valence-corrected chi connectivity index (χ1v) is 10.9. The van der Waals surface area contributed by atoms with E-state index in [1.54, 1.807) is 60.7 Å². The normalized spacial score (nSPS) is 21.0. The number of benzene rings is 2. The van der Waals surface area contributed by atoms with Crippen LogP contribution in [0.3, 0.4) is 0 Å². The van der Waals surface area contributed by atoms with Gasteiger partial charge in [0.2, 0.25) is 11.6 Å². The van der Waals surface area contributed by atoms with Crippen molar-refractivity contribution in [3.8, 4) is 11.5 Å². The van der Waals surface area contributed by atoms with Gasteiger partial charge in [-0.15, -0.1) is 13.2 Å². The number of rotatable bonds is 12. The monoisotopic (exact) mass is 460 g/mol. The zero-order valence-corrected chi connectivity index (χ0v) is 18.9. The predicted octanol–water partition coefficient (Wildman–Crippen LogP) is 4.25. The molecule has 0 bridgehead atoms. The maximum atomic E-state index is 12.9. The van der Waals surface area contributed by atoms with E-state index in [-0.39, 0.29) is 11.1 Å². The van der Waals surface area contributed by atoms with Gasteiger partial charge in [0, 0.05) is 11.1 Å². The van der Waals surface area contributed by atoms with Gasteiger partial charge in [0.25, 0.3) is 0 Å². The summed E-state index contributed by atoms with van der Waals surface area (Å²) in [6.07, 6.45) is 9.43. The van der Waals surface area contributed by atoms with Gasteiger partial charge in [-0.1, -0.05) is 12.2 Å². The van der Waals surface area contributed by atoms with Crippen LogP contribution in [0.4, 0.5) is 0 Å². The molecule has 0 saturated heterocycles. The van der Waals surface area contributed by atoms with Crippen molar-refractivity contribution < 1.29 is 29.3 Å². The highest BCUT2D eigenvalue weighted by atomic mass is 16.5. The summed E-state index contributed by atoms with van der Waals surface area (Å²) in [6.45, 7) is 8.21. The summed E-state index contributed by atoms with van der Waals surface area (Å²) < 4.78 is 11.0. The third kappa shape index (κ3) is 5.78. The number of carbonyl (C=O) groups is 2. The molecule has 0 amide bonds. The molecule has 0 aliphatic heterocycles. The largest absolute Gasteiger partial charge is 0.493 e. The van der Waals surface area contributed by atoms with Crippen LogP contribution in [0.25, 0.3) is 0 Å². The highest BCUT2D eigenvalue weighted by molar-refractivity contribution is 6.08. The van der Waals surface area contributed by atoms with Crippen molar-refractivity contribution in [1.82, 2.24) is 0 Å². The van der Waals surface area contributed by atoms with Crippen molar-refractivity contribution in [2.45, 2.75) is 24.0 Å². The first-order chi connectivity index (χ1) is 16.3. The molecule has 0 aromatic heterocycles. The summed E-state index contributed by atoms with van der Waals surface area (Å²) in [5.41, 5.74) is -3.45. The molecular weight excluding hydrogens is 432 g/mol. The minimum absolute atomic E-state index is 0.261. The second-order valence-electron chi connectivity index (χ2n) is 7.88. The molecule has 2 aromatic carbocycles. The second kappa shape index (κ2) is 10.9. The lowest BCUT2D eigenvalue weighted by Gasteiger charge is -2.28. The summed E-state index contributed by atoms with van der Waals surface area (Å²) in [4.78, 5) is 25.8. The lowest BCUT2D eigenvalue weighted by atomic mass is 9.81. The smallest absolute Gasteiger partial charge is 0.202 e. The topological polar surface area (TPSA) is 93.1 Å². The van der Waals surface area contributed by atoms with Crippen LogP contribution in [0.5, 0.6) is 11.5 Å². The van der Waals surface area contributed by atoms with Crippen LogP contribution in [-0.4, -0.2) is 46.2 Å². The molecule has 1 aliphatic carbocycles. The number of ether oxygens (including phenoxy) is 2. The van der Waals surface area contributed by atoms with Gasteiger partial charge in [0.15, 0.2) is 11.2 Å². The van der Waals surface area contributed by atoms with Crippen molar-refractivity contribution in [2.24, 2.45) is 0 Å². The average Bonchev–Trinajstić information content (AvgIpc) is 2.86.